The van der Waals surface area contributed by atoms with E-state index in [1.165, 1.54) is 29.7 Å². The van der Waals surface area contributed by atoms with Crippen LogP contribution in [-0.4, -0.2) is 32.3 Å². The molecular weight excluding hydrogens is 522 g/mol. The van der Waals surface area contributed by atoms with Gasteiger partial charge < -0.3 is 9.94 Å². The summed E-state index contributed by atoms with van der Waals surface area (Å²) in [4.78, 5) is 21.9. The predicted molar refractivity (Wildman–Crippen MR) is 164 cm³/mol. The number of aliphatic hydroxyl groups is 1. The summed E-state index contributed by atoms with van der Waals surface area (Å²) in [5, 5.41) is 19.5. The molecule has 0 amide bonds. The zero-order valence-corrected chi connectivity index (χ0v) is 26.7. The van der Waals surface area contributed by atoms with E-state index in [4.69, 9.17) is 4.84 Å². The minimum Gasteiger partial charge on any atom is -0.393 e. The molecule has 1 aromatic heterocycles. The van der Waals surface area contributed by atoms with Crippen LogP contribution in [0.5, 0.6) is 0 Å². The lowest BCUT2D eigenvalue weighted by Gasteiger charge is -2.72. The second kappa shape index (κ2) is 9.15. The smallest absolute Gasteiger partial charge is 0.341 e. The first-order valence-corrected chi connectivity index (χ1v) is 16.7. The van der Waals surface area contributed by atoms with Gasteiger partial charge in [-0.25, -0.2) is 4.79 Å². The third-order valence-corrected chi connectivity index (χ3v) is 14.9. The van der Waals surface area contributed by atoms with Crippen LogP contribution in [0.1, 0.15) is 106 Å². The normalized spacial score (nSPS) is 45.8. The molecule has 10 atom stereocenters. The largest absolute Gasteiger partial charge is 0.393 e. The Bertz CT molecular complexity index is 1430. The van der Waals surface area contributed by atoms with Gasteiger partial charge >= 0.3 is 5.97 Å². The molecule has 1 aromatic carbocycles. The number of allylic oxidation sites excluding steroid dienone is 1. The van der Waals surface area contributed by atoms with Crippen molar-refractivity contribution < 1.29 is 14.7 Å². The summed E-state index contributed by atoms with van der Waals surface area (Å²) in [5.41, 5.74) is 2.73. The van der Waals surface area contributed by atoms with Crippen molar-refractivity contribution >= 4 is 17.0 Å². The number of aromatic nitrogens is 3. The van der Waals surface area contributed by atoms with Crippen molar-refractivity contribution in [3.8, 4) is 0 Å². The highest BCUT2D eigenvalue weighted by molar-refractivity contribution is 5.80. The van der Waals surface area contributed by atoms with Crippen molar-refractivity contribution in [3.63, 3.8) is 0 Å². The fourth-order valence-electron chi connectivity index (χ4n) is 12.6. The molecule has 6 heteroatoms. The summed E-state index contributed by atoms with van der Waals surface area (Å²) in [7, 11) is 0. The van der Waals surface area contributed by atoms with E-state index in [0.717, 1.165) is 56.0 Å². The van der Waals surface area contributed by atoms with Gasteiger partial charge in [0.05, 0.1) is 11.5 Å². The number of aliphatic hydroxyl groups excluding tert-OH is 1. The predicted octanol–water partition coefficient (Wildman–Crippen LogP) is 7.41. The summed E-state index contributed by atoms with van der Waals surface area (Å²) in [6.07, 6.45) is 10.4. The Hall–Kier alpha value is -2.21. The Labute approximate surface area is 251 Å². The lowest BCUT2D eigenvalue weighted by molar-refractivity contribution is -0.248. The Kier molecular flexibility index (Phi) is 6.22. The van der Waals surface area contributed by atoms with E-state index in [1.807, 2.05) is 24.3 Å². The van der Waals surface area contributed by atoms with Crippen molar-refractivity contribution in [2.24, 2.45) is 56.7 Å². The number of hydrogen-bond donors (Lipinski definition) is 1. The van der Waals surface area contributed by atoms with Gasteiger partial charge in [-0.05, 0) is 140 Å². The third-order valence-electron chi connectivity index (χ3n) is 14.9. The first-order valence-electron chi connectivity index (χ1n) is 16.7. The zero-order valence-electron chi connectivity index (χ0n) is 26.7. The Morgan fingerprint density at radius 1 is 0.929 bits per heavy atom. The molecule has 5 saturated carbocycles. The lowest BCUT2D eigenvalue weighted by Crippen LogP contribution is -2.67. The Morgan fingerprint density at radius 3 is 2.45 bits per heavy atom. The molecule has 0 spiro atoms. The van der Waals surface area contributed by atoms with Crippen LogP contribution in [0.15, 0.2) is 36.4 Å². The van der Waals surface area contributed by atoms with Crippen LogP contribution < -0.4 is 4.84 Å². The second-order valence-electron chi connectivity index (χ2n) is 16.5. The number of fused-ring (bicyclic) bond motifs is 8. The molecule has 2 aromatic rings. The van der Waals surface area contributed by atoms with E-state index in [0.29, 0.717) is 23.7 Å². The van der Waals surface area contributed by atoms with Crippen molar-refractivity contribution in [2.75, 3.05) is 0 Å². The Balaban J connectivity index is 1.25. The van der Waals surface area contributed by atoms with Gasteiger partial charge in [0, 0.05) is 0 Å². The monoisotopic (exact) mass is 573 g/mol. The first kappa shape index (κ1) is 28.6. The standard InChI is InChI=1S/C36H51N3O3/c1-22(2)23-14-19-36(31(41)42-39-26-11-9-8-10-25(26)37-38-39)21-20-34(6)24(30(23)36)12-13-28-33(5)17-16-29(40)32(3,4)27(33)15-18-35(28,34)7/h8-11,23-24,27-30,40H,1,12-21H2,2-7H3/t23-,24+,27-,28+,29-,30+,33-,34+,35+,36-/m0/s1. The third kappa shape index (κ3) is 3.51. The van der Waals surface area contributed by atoms with Crippen LogP contribution in [0.4, 0.5) is 0 Å². The van der Waals surface area contributed by atoms with Crippen molar-refractivity contribution in [2.45, 2.75) is 112 Å². The summed E-state index contributed by atoms with van der Waals surface area (Å²) in [6.45, 7) is 19.1. The molecule has 6 nitrogen and oxygen atoms in total. The van der Waals surface area contributed by atoms with E-state index < -0.39 is 5.41 Å². The van der Waals surface area contributed by atoms with Gasteiger partial charge in [0.1, 0.15) is 11.0 Å². The molecular formula is C36H51N3O3. The van der Waals surface area contributed by atoms with Gasteiger partial charge in [0.25, 0.3) is 0 Å². The number of para-hydroxylation sites is 1. The van der Waals surface area contributed by atoms with Gasteiger partial charge in [-0.2, -0.15) is 0 Å². The number of hydrogen-bond acceptors (Lipinski definition) is 5. The van der Waals surface area contributed by atoms with Crippen molar-refractivity contribution in [3.05, 3.63) is 36.4 Å². The van der Waals surface area contributed by atoms with Gasteiger partial charge in [-0.3, -0.25) is 0 Å². The average Bonchev–Trinajstić information content (AvgIpc) is 3.54. The fraction of sp³-hybridized carbons (Fsp3) is 0.750. The van der Waals surface area contributed by atoms with E-state index in [1.54, 1.807) is 0 Å². The molecule has 228 valence electrons. The van der Waals surface area contributed by atoms with Crippen molar-refractivity contribution in [1.29, 1.82) is 0 Å². The summed E-state index contributed by atoms with van der Waals surface area (Å²) in [5.74, 6) is 2.10. The number of benzene rings is 1. The number of nitrogens with zero attached hydrogens (tertiary/aromatic N) is 3. The number of rotatable bonds is 3. The molecule has 5 aliphatic carbocycles. The van der Waals surface area contributed by atoms with Crippen LogP contribution in [-0.2, 0) is 4.79 Å². The maximum Gasteiger partial charge on any atom is 0.341 e. The van der Waals surface area contributed by atoms with Crippen LogP contribution in [0.2, 0.25) is 0 Å². The van der Waals surface area contributed by atoms with Gasteiger partial charge in [0.2, 0.25) is 0 Å². The topological polar surface area (TPSA) is 77.2 Å². The quantitative estimate of drug-likeness (QED) is 0.306. The minimum absolute atomic E-state index is 0.0421. The maximum absolute atomic E-state index is 14.4. The average molecular weight is 574 g/mol. The minimum atomic E-state index is -0.512. The number of carbonyl (C=O) groups excluding carboxylic acids is 1. The summed E-state index contributed by atoms with van der Waals surface area (Å²) >= 11 is 0. The van der Waals surface area contributed by atoms with E-state index >= 15 is 0 Å². The molecule has 0 aliphatic heterocycles. The molecule has 5 aliphatic rings. The van der Waals surface area contributed by atoms with Crippen LogP contribution in [0.3, 0.4) is 0 Å². The molecule has 0 unspecified atom stereocenters. The summed E-state index contributed by atoms with van der Waals surface area (Å²) in [6, 6.07) is 7.66. The van der Waals surface area contributed by atoms with Crippen molar-refractivity contribution in [1.82, 2.24) is 15.2 Å². The molecule has 7 rings (SSSR count). The second-order valence-corrected chi connectivity index (χ2v) is 16.5. The van der Waals surface area contributed by atoms with Crippen LogP contribution in [0.25, 0.3) is 11.0 Å². The highest BCUT2D eigenvalue weighted by Gasteiger charge is 2.72. The molecule has 5 fully saturated rings. The molecule has 42 heavy (non-hydrogen) atoms. The van der Waals surface area contributed by atoms with Gasteiger partial charge in [0.15, 0.2) is 0 Å². The van der Waals surface area contributed by atoms with E-state index in [-0.39, 0.29) is 39.7 Å². The van der Waals surface area contributed by atoms with E-state index in [9.17, 15) is 9.90 Å². The van der Waals surface area contributed by atoms with Gasteiger partial charge in [-0.1, -0.05) is 63.7 Å². The lowest BCUT2D eigenvalue weighted by atomic mass is 9.32. The SMILES string of the molecule is C=C(C)[C@@H]1CC[C@]2(C(=O)On3nnc4ccccc43)CC[C@]3(C)[C@H](CC[C@@H]4[C@@]5(C)CC[C@H](O)C(C)(C)[C@@H]5CC[C@]43C)[C@@H]12. The Morgan fingerprint density at radius 2 is 1.69 bits per heavy atom. The van der Waals surface area contributed by atoms with E-state index in [2.05, 4.69) is 58.4 Å². The molecule has 1 N–H and O–H groups in total. The molecule has 0 radical (unpaired) electrons. The molecule has 1 heterocycles. The van der Waals surface area contributed by atoms with Crippen LogP contribution >= 0.6 is 0 Å². The molecule has 0 saturated heterocycles. The number of carbonyl (C=O) groups is 1. The van der Waals surface area contributed by atoms with Gasteiger partial charge in [-0.15, -0.1) is 5.10 Å². The van der Waals surface area contributed by atoms with Crippen LogP contribution in [0, 0.1) is 56.7 Å². The molecule has 0 bridgehead atoms. The first-order chi connectivity index (χ1) is 19.8. The maximum atomic E-state index is 14.4. The summed E-state index contributed by atoms with van der Waals surface area (Å²) < 4.78 is 0. The fourth-order valence-corrected chi connectivity index (χ4v) is 12.6. The highest BCUT2D eigenvalue weighted by Crippen LogP contribution is 2.77. The zero-order chi connectivity index (χ0) is 29.9. The highest BCUT2D eigenvalue weighted by atomic mass is 16.7.